The highest BCUT2D eigenvalue weighted by molar-refractivity contribution is 7.22. The van der Waals surface area contributed by atoms with Crippen molar-refractivity contribution in [3.8, 4) is 5.75 Å². The van der Waals surface area contributed by atoms with Crippen LogP contribution in [-0.2, 0) is 9.53 Å². The van der Waals surface area contributed by atoms with Crippen molar-refractivity contribution in [2.24, 2.45) is 0 Å². The van der Waals surface area contributed by atoms with Gasteiger partial charge in [0.05, 0.1) is 23.3 Å². The van der Waals surface area contributed by atoms with Crippen LogP contribution in [-0.4, -0.2) is 36.8 Å². The van der Waals surface area contributed by atoms with Crippen LogP contribution >= 0.6 is 11.3 Å². The third-order valence-electron chi connectivity index (χ3n) is 3.93. The van der Waals surface area contributed by atoms with Crippen molar-refractivity contribution in [1.29, 1.82) is 0 Å². The number of aromatic nitrogens is 1. The van der Waals surface area contributed by atoms with E-state index in [1.165, 1.54) is 47.7 Å². The first-order chi connectivity index (χ1) is 12.6. The number of benzene rings is 2. The van der Waals surface area contributed by atoms with Gasteiger partial charge < -0.3 is 14.4 Å². The first kappa shape index (κ1) is 16.7. The van der Waals surface area contributed by atoms with E-state index in [4.69, 9.17) is 9.47 Å². The minimum absolute atomic E-state index is 0.233. The van der Waals surface area contributed by atoms with Gasteiger partial charge in [-0.15, -0.1) is 0 Å². The van der Waals surface area contributed by atoms with E-state index in [1.54, 1.807) is 6.07 Å². The van der Waals surface area contributed by atoms with Crippen LogP contribution in [0.15, 0.2) is 42.5 Å². The lowest BCUT2D eigenvalue weighted by atomic mass is 10.2. The molecular weight excluding hydrogens is 362 g/mol. The van der Waals surface area contributed by atoms with Gasteiger partial charge >= 0.3 is 5.97 Å². The Labute approximate surface area is 151 Å². The van der Waals surface area contributed by atoms with Gasteiger partial charge in [-0.3, -0.25) is 0 Å². The number of rotatable bonds is 5. The van der Waals surface area contributed by atoms with Gasteiger partial charge in [-0.2, -0.15) is 0 Å². The summed E-state index contributed by atoms with van der Waals surface area (Å²) in [6.07, 6.45) is -0.233. The Kier molecular flexibility index (Phi) is 4.42. The highest BCUT2D eigenvalue weighted by Crippen LogP contribution is 2.32. The van der Waals surface area contributed by atoms with Crippen molar-refractivity contribution in [3.63, 3.8) is 0 Å². The van der Waals surface area contributed by atoms with E-state index in [2.05, 4.69) is 4.98 Å². The quantitative estimate of drug-likeness (QED) is 0.639. The van der Waals surface area contributed by atoms with E-state index in [-0.39, 0.29) is 24.3 Å². The van der Waals surface area contributed by atoms with E-state index in [1.807, 2.05) is 4.90 Å². The Balaban J connectivity index is 1.26. The fraction of sp³-hybridized carbons (Fsp3) is 0.222. The molecule has 0 amide bonds. The van der Waals surface area contributed by atoms with Gasteiger partial charge in [0.2, 0.25) is 0 Å². The molecule has 0 spiro atoms. The monoisotopic (exact) mass is 376 g/mol. The number of halogens is 2. The minimum Gasteiger partial charge on any atom is -0.482 e. The molecule has 0 N–H and O–H groups in total. The van der Waals surface area contributed by atoms with Crippen LogP contribution in [0.4, 0.5) is 13.9 Å². The smallest absolute Gasteiger partial charge is 0.344 e. The summed E-state index contributed by atoms with van der Waals surface area (Å²) in [6, 6.07) is 9.90. The molecular formula is C18H14F2N2O3S. The average Bonchev–Trinajstić information content (AvgIpc) is 2.99. The Morgan fingerprint density at radius 1 is 1.15 bits per heavy atom. The molecule has 3 aromatic rings. The fourth-order valence-electron chi connectivity index (χ4n) is 2.58. The second kappa shape index (κ2) is 6.87. The van der Waals surface area contributed by atoms with Crippen molar-refractivity contribution in [2.45, 2.75) is 6.10 Å². The molecule has 1 aliphatic rings. The van der Waals surface area contributed by atoms with Gasteiger partial charge in [0.25, 0.3) is 0 Å². The summed E-state index contributed by atoms with van der Waals surface area (Å²) in [6.45, 7) is 0.831. The van der Waals surface area contributed by atoms with Gasteiger partial charge in [0, 0.05) is 0 Å². The third-order valence-corrected chi connectivity index (χ3v) is 5.01. The third kappa shape index (κ3) is 3.60. The van der Waals surface area contributed by atoms with Crippen molar-refractivity contribution < 1.29 is 23.0 Å². The number of fused-ring (bicyclic) bond motifs is 1. The number of hydrogen-bond donors (Lipinski definition) is 0. The molecule has 2 aromatic carbocycles. The zero-order valence-corrected chi connectivity index (χ0v) is 14.3. The lowest BCUT2D eigenvalue weighted by molar-refractivity contribution is -0.152. The van der Waals surface area contributed by atoms with Crippen molar-refractivity contribution in [1.82, 2.24) is 4.98 Å². The maximum atomic E-state index is 13.2. The molecule has 26 heavy (non-hydrogen) atoms. The molecule has 1 fully saturated rings. The molecule has 0 radical (unpaired) electrons. The number of esters is 1. The van der Waals surface area contributed by atoms with E-state index >= 15 is 0 Å². The molecule has 134 valence electrons. The highest BCUT2D eigenvalue weighted by atomic mass is 32.1. The standard InChI is InChI=1S/C18H14F2N2O3S/c19-11-1-4-13(5-2-11)24-10-17(23)25-14-8-22(9-14)18-21-15-6-3-12(20)7-16(15)26-18/h1-7,14H,8-10H2. The summed E-state index contributed by atoms with van der Waals surface area (Å²) < 4.78 is 37.4. The van der Waals surface area contributed by atoms with Crippen molar-refractivity contribution in [3.05, 3.63) is 54.1 Å². The number of thiazole rings is 1. The van der Waals surface area contributed by atoms with Crippen LogP contribution in [0, 0.1) is 11.6 Å². The van der Waals surface area contributed by atoms with E-state index < -0.39 is 5.97 Å². The fourth-order valence-corrected chi connectivity index (χ4v) is 3.59. The van der Waals surface area contributed by atoms with Gasteiger partial charge in [0.1, 0.15) is 23.5 Å². The number of anilines is 1. The molecule has 1 aliphatic heterocycles. The Morgan fingerprint density at radius 2 is 1.88 bits per heavy atom. The topological polar surface area (TPSA) is 51.7 Å². The van der Waals surface area contributed by atoms with Gasteiger partial charge in [0.15, 0.2) is 11.7 Å². The number of ether oxygens (including phenoxy) is 2. The molecule has 0 atom stereocenters. The molecule has 0 bridgehead atoms. The molecule has 8 heteroatoms. The van der Waals surface area contributed by atoms with Crippen molar-refractivity contribution >= 4 is 32.7 Å². The molecule has 1 saturated heterocycles. The van der Waals surface area contributed by atoms with Crippen LogP contribution in [0.1, 0.15) is 0 Å². The second-order valence-electron chi connectivity index (χ2n) is 5.87. The van der Waals surface area contributed by atoms with Crippen LogP contribution in [0.25, 0.3) is 10.2 Å². The summed E-state index contributed by atoms with van der Waals surface area (Å²) in [5.74, 6) is -0.734. The second-order valence-corrected chi connectivity index (χ2v) is 6.88. The Bertz CT molecular complexity index is 939. The molecule has 1 aromatic heterocycles. The van der Waals surface area contributed by atoms with Crippen LogP contribution in [0.3, 0.4) is 0 Å². The number of carbonyl (C=O) groups is 1. The normalized spacial score (nSPS) is 14.3. The van der Waals surface area contributed by atoms with Crippen LogP contribution in [0.5, 0.6) is 5.75 Å². The summed E-state index contributed by atoms with van der Waals surface area (Å²) in [5.41, 5.74) is 0.750. The number of nitrogens with zero attached hydrogens (tertiary/aromatic N) is 2. The molecule has 2 heterocycles. The van der Waals surface area contributed by atoms with Crippen LogP contribution in [0.2, 0.25) is 0 Å². The number of hydrogen-bond acceptors (Lipinski definition) is 6. The predicted molar refractivity (Wildman–Crippen MR) is 93.6 cm³/mol. The first-order valence-electron chi connectivity index (χ1n) is 7.96. The first-order valence-corrected chi connectivity index (χ1v) is 8.77. The summed E-state index contributed by atoms with van der Waals surface area (Å²) in [4.78, 5) is 18.2. The largest absolute Gasteiger partial charge is 0.482 e. The molecule has 0 aliphatic carbocycles. The maximum absolute atomic E-state index is 13.2. The number of carbonyl (C=O) groups excluding carboxylic acids is 1. The SMILES string of the molecule is O=C(COc1ccc(F)cc1)OC1CN(c2nc3ccc(F)cc3s2)C1. The zero-order valence-electron chi connectivity index (χ0n) is 13.5. The molecule has 0 saturated carbocycles. The van der Waals surface area contributed by atoms with Crippen molar-refractivity contribution in [2.75, 3.05) is 24.6 Å². The lowest BCUT2D eigenvalue weighted by Crippen LogP contribution is -2.53. The maximum Gasteiger partial charge on any atom is 0.344 e. The van der Waals surface area contributed by atoms with E-state index in [9.17, 15) is 13.6 Å². The highest BCUT2D eigenvalue weighted by Gasteiger charge is 2.32. The lowest BCUT2D eigenvalue weighted by Gasteiger charge is -2.38. The summed E-state index contributed by atoms with van der Waals surface area (Å²) >= 11 is 1.40. The Hall–Kier alpha value is -2.74. The summed E-state index contributed by atoms with van der Waals surface area (Å²) in [7, 11) is 0. The van der Waals surface area contributed by atoms with Gasteiger partial charge in [-0.1, -0.05) is 11.3 Å². The minimum atomic E-state index is -0.481. The zero-order chi connectivity index (χ0) is 18.1. The average molecular weight is 376 g/mol. The van der Waals surface area contributed by atoms with Gasteiger partial charge in [-0.05, 0) is 42.5 Å². The molecule has 5 nitrogen and oxygen atoms in total. The Morgan fingerprint density at radius 3 is 2.65 bits per heavy atom. The van der Waals surface area contributed by atoms with E-state index in [0.717, 1.165) is 15.3 Å². The van der Waals surface area contributed by atoms with Crippen LogP contribution < -0.4 is 9.64 Å². The molecule has 4 rings (SSSR count). The van der Waals surface area contributed by atoms with Gasteiger partial charge in [-0.25, -0.2) is 18.6 Å². The summed E-state index contributed by atoms with van der Waals surface area (Å²) in [5, 5.41) is 0.778. The molecule has 0 unspecified atom stereocenters. The predicted octanol–water partition coefficient (Wildman–Crippen LogP) is 3.39. The van der Waals surface area contributed by atoms with E-state index in [0.29, 0.717) is 18.8 Å².